The zero-order chi connectivity index (χ0) is 15.5. The fourth-order valence-corrected chi connectivity index (χ4v) is 1.36. The number of nitro benzene ring substituents is 1. The smallest absolute Gasteiger partial charge is 0.305 e. The predicted octanol–water partition coefficient (Wildman–Crippen LogP) is 1.48. The summed E-state index contributed by atoms with van der Waals surface area (Å²) in [6.45, 7) is 1.50. The van der Waals surface area contributed by atoms with Crippen molar-refractivity contribution in [2.45, 2.75) is 6.42 Å². The SMILES string of the molecule is O=C(O)CCOCCOCCOc1ccc([N+](=O)[O-])cc1. The number of aliphatic carboxylic acids is 1. The van der Waals surface area contributed by atoms with Gasteiger partial charge in [0.1, 0.15) is 12.4 Å². The summed E-state index contributed by atoms with van der Waals surface area (Å²) in [6.07, 6.45) is -0.0245. The first-order valence-electron chi connectivity index (χ1n) is 6.34. The molecule has 1 N–H and O–H groups in total. The van der Waals surface area contributed by atoms with Gasteiger partial charge in [-0.05, 0) is 12.1 Å². The van der Waals surface area contributed by atoms with Gasteiger partial charge in [-0.3, -0.25) is 14.9 Å². The van der Waals surface area contributed by atoms with Gasteiger partial charge in [0.2, 0.25) is 0 Å². The molecule has 8 nitrogen and oxygen atoms in total. The summed E-state index contributed by atoms with van der Waals surface area (Å²) in [4.78, 5) is 20.2. The number of benzene rings is 1. The maximum Gasteiger partial charge on any atom is 0.305 e. The van der Waals surface area contributed by atoms with Gasteiger partial charge in [-0.25, -0.2) is 0 Å². The number of rotatable bonds is 11. The molecule has 1 aromatic rings. The molecule has 1 rings (SSSR count). The third-order valence-corrected chi connectivity index (χ3v) is 2.38. The molecule has 8 heteroatoms. The molecule has 0 aliphatic rings. The number of carbonyl (C=O) groups is 1. The van der Waals surface area contributed by atoms with E-state index in [-0.39, 0.29) is 18.7 Å². The van der Waals surface area contributed by atoms with E-state index in [1.807, 2.05) is 0 Å². The normalized spacial score (nSPS) is 10.3. The minimum atomic E-state index is -0.896. The van der Waals surface area contributed by atoms with E-state index < -0.39 is 10.9 Å². The molecular formula is C13H17NO7. The Bertz CT molecular complexity index is 446. The van der Waals surface area contributed by atoms with Crippen molar-refractivity contribution in [3.05, 3.63) is 34.4 Å². The van der Waals surface area contributed by atoms with Crippen molar-refractivity contribution in [2.24, 2.45) is 0 Å². The van der Waals surface area contributed by atoms with E-state index in [4.69, 9.17) is 19.3 Å². The number of non-ortho nitro benzene ring substituents is 1. The molecule has 116 valence electrons. The van der Waals surface area contributed by atoms with Crippen molar-refractivity contribution in [2.75, 3.05) is 33.0 Å². The minimum absolute atomic E-state index is 0.0112. The van der Waals surface area contributed by atoms with Gasteiger partial charge in [-0.2, -0.15) is 0 Å². The Labute approximate surface area is 121 Å². The molecule has 0 fully saturated rings. The first-order valence-corrected chi connectivity index (χ1v) is 6.34. The lowest BCUT2D eigenvalue weighted by Crippen LogP contribution is -2.12. The van der Waals surface area contributed by atoms with Crippen molar-refractivity contribution in [3.63, 3.8) is 0 Å². The lowest BCUT2D eigenvalue weighted by Gasteiger charge is -2.07. The van der Waals surface area contributed by atoms with Crippen LogP contribution in [-0.2, 0) is 14.3 Å². The van der Waals surface area contributed by atoms with Crippen molar-refractivity contribution in [1.29, 1.82) is 0 Å². The molecule has 0 spiro atoms. The van der Waals surface area contributed by atoms with Crippen LogP contribution in [0.2, 0.25) is 0 Å². The molecule has 0 radical (unpaired) electrons. The molecule has 0 saturated carbocycles. The molecular weight excluding hydrogens is 282 g/mol. The quantitative estimate of drug-likeness (QED) is 0.374. The van der Waals surface area contributed by atoms with E-state index in [0.717, 1.165) is 0 Å². The van der Waals surface area contributed by atoms with Crippen LogP contribution in [0.3, 0.4) is 0 Å². The highest BCUT2D eigenvalue weighted by atomic mass is 16.6. The van der Waals surface area contributed by atoms with Gasteiger partial charge in [0.15, 0.2) is 0 Å². The minimum Gasteiger partial charge on any atom is -0.491 e. The van der Waals surface area contributed by atoms with Crippen LogP contribution in [0.5, 0.6) is 5.75 Å². The number of carboxylic acids is 1. The predicted molar refractivity (Wildman–Crippen MR) is 72.5 cm³/mol. The Hall–Kier alpha value is -2.19. The number of nitro groups is 1. The number of ether oxygens (including phenoxy) is 3. The van der Waals surface area contributed by atoms with Gasteiger partial charge in [0.05, 0.1) is 37.8 Å². The van der Waals surface area contributed by atoms with E-state index >= 15 is 0 Å². The molecule has 0 aliphatic carbocycles. The van der Waals surface area contributed by atoms with Gasteiger partial charge >= 0.3 is 5.97 Å². The summed E-state index contributed by atoms with van der Waals surface area (Å²) < 4.78 is 15.6. The van der Waals surface area contributed by atoms with Crippen molar-refractivity contribution in [1.82, 2.24) is 0 Å². The monoisotopic (exact) mass is 299 g/mol. The highest BCUT2D eigenvalue weighted by molar-refractivity contribution is 5.66. The van der Waals surface area contributed by atoms with Crippen molar-refractivity contribution < 1.29 is 29.0 Å². The van der Waals surface area contributed by atoms with Crippen LogP contribution in [0.1, 0.15) is 6.42 Å². The van der Waals surface area contributed by atoms with Gasteiger partial charge < -0.3 is 19.3 Å². The van der Waals surface area contributed by atoms with E-state index in [2.05, 4.69) is 0 Å². The highest BCUT2D eigenvalue weighted by Crippen LogP contribution is 2.16. The van der Waals surface area contributed by atoms with E-state index in [1.54, 1.807) is 0 Å². The zero-order valence-corrected chi connectivity index (χ0v) is 11.4. The number of nitrogens with zero attached hydrogens (tertiary/aromatic N) is 1. The topological polar surface area (TPSA) is 108 Å². The Morgan fingerprint density at radius 2 is 1.62 bits per heavy atom. The standard InChI is InChI=1S/C13H17NO7/c15-13(16)5-6-19-7-8-20-9-10-21-12-3-1-11(2-4-12)14(17)18/h1-4H,5-10H2,(H,15,16). The van der Waals surface area contributed by atoms with Crippen LogP contribution in [0.15, 0.2) is 24.3 Å². The second kappa shape index (κ2) is 9.67. The Balaban J connectivity index is 2.01. The Morgan fingerprint density at radius 1 is 1.05 bits per heavy atom. The molecule has 0 aromatic heterocycles. The van der Waals surface area contributed by atoms with Gasteiger partial charge in [0, 0.05) is 12.1 Å². The molecule has 0 bridgehead atoms. The third-order valence-electron chi connectivity index (χ3n) is 2.38. The summed E-state index contributed by atoms with van der Waals surface area (Å²) in [5, 5.41) is 18.8. The molecule has 0 aliphatic heterocycles. The summed E-state index contributed by atoms with van der Waals surface area (Å²) >= 11 is 0. The first kappa shape index (κ1) is 16.9. The highest BCUT2D eigenvalue weighted by Gasteiger charge is 2.04. The lowest BCUT2D eigenvalue weighted by atomic mass is 10.3. The molecule has 0 saturated heterocycles. The summed E-state index contributed by atoms with van der Waals surface area (Å²) in [7, 11) is 0. The zero-order valence-electron chi connectivity index (χ0n) is 11.4. The Morgan fingerprint density at radius 3 is 2.19 bits per heavy atom. The maximum atomic E-state index is 10.5. The Kier molecular flexibility index (Phi) is 7.77. The maximum absolute atomic E-state index is 10.5. The van der Waals surface area contributed by atoms with Crippen LogP contribution in [0, 0.1) is 10.1 Å². The molecule has 1 aromatic carbocycles. The fourth-order valence-electron chi connectivity index (χ4n) is 1.36. The lowest BCUT2D eigenvalue weighted by molar-refractivity contribution is -0.384. The molecule has 0 amide bonds. The second-order valence-corrected chi connectivity index (χ2v) is 3.97. The van der Waals surface area contributed by atoms with Gasteiger partial charge in [0.25, 0.3) is 5.69 Å². The molecule has 21 heavy (non-hydrogen) atoms. The van der Waals surface area contributed by atoms with Crippen LogP contribution >= 0.6 is 0 Å². The third kappa shape index (κ3) is 7.85. The number of hydrogen-bond acceptors (Lipinski definition) is 6. The second-order valence-electron chi connectivity index (χ2n) is 3.97. The first-order chi connectivity index (χ1) is 10.1. The van der Waals surface area contributed by atoms with Crippen LogP contribution in [0.4, 0.5) is 5.69 Å². The van der Waals surface area contributed by atoms with Crippen molar-refractivity contribution >= 4 is 11.7 Å². The van der Waals surface area contributed by atoms with Crippen LogP contribution in [0.25, 0.3) is 0 Å². The van der Waals surface area contributed by atoms with Gasteiger partial charge in [-0.1, -0.05) is 0 Å². The number of carboxylic acid groups (broad SMARTS) is 1. The van der Waals surface area contributed by atoms with E-state index in [9.17, 15) is 14.9 Å². The number of hydrogen-bond donors (Lipinski definition) is 1. The van der Waals surface area contributed by atoms with Crippen molar-refractivity contribution in [3.8, 4) is 5.75 Å². The largest absolute Gasteiger partial charge is 0.491 e. The fraction of sp³-hybridized carbons (Fsp3) is 0.462. The summed E-state index contributed by atoms with van der Waals surface area (Å²) in [6, 6.07) is 5.78. The average molecular weight is 299 g/mol. The average Bonchev–Trinajstić information content (AvgIpc) is 2.45. The van der Waals surface area contributed by atoms with E-state index in [1.165, 1.54) is 24.3 Å². The van der Waals surface area contributed by atoms with Crippen LogP contribution in [-0.4, -0.2) is 49.0 Å². The molecule has 0 atom stereocenters. The summed E-state index contributed by atoms with van der Waals surface area (Å²) in [5.41, 5.74) is 0.0112. The van der Waals surface area contributed by atoms with E-state index in [0.29, 0.717) is 32.2 Å². The molecule has 0 unspecified atom stereocenters. The molecule has 0 heterocycles. The summed E-state index contributed by atoms with van der Waals surface area (Å²) in [5.74, 6) is -0.366. The van der Waals surface area contributed by atoms with Gasteiger partial charge in [-0.15, -0.1) is 0 Å². The van der Waals surface area contributed by atoms with Crippen LogP contribution < -0.4 is 4.74 Å².